The maximum atomic E-state index is 13.2. The van der Waals surface area contributed by atoms with E-state index in [-0.39, 0.29) is 5.56 Å². The summed E-state index contributed by atoms with van der Waals surface area (Å²) in [6.07, 6.45) is 5.49. The normalized spacial score (nSPS) is 14.4. The number of hydrogen-bond acceptors (Lipinski definition) is 6. The average molecular weight is 550 g/mol. The zero-order valence-corrected chi connectivity index (χ0v) is 22.9. The third-order valence-electron chi connectivity index (χ3n) is 6.57. The third-order valence-corrected chi connectivity index (χ3v) is 8.94. The van der Waals surface area contributed by atoms with E-state index in [1.165, 1.54) is 37.3 Å². The van der Waals surface area contributed by atoms with Crippen molar-refractivity contribution in [2.24, 2.45) is 0 Å². The molecular weight excluding hydrogens is 518 g/mol. The molecule has 1 fully saturated rings. The predicted octanol–water partition coefficient (Wildman–Crippen LogP) is 5.10. The molecule has 4 aromatic rings. The minimum absolute atomic E-state index is 0.108. The van der Waals surface area contributed by atoms with Gasteiger partial charge in [0.1, 0.15) is 4.21 Å². The minimum atomic E-state index is -1.62. The van der Waals surface area contributed by atoms with Crippen LogP contribution >= 0.6 is 11.3 Å². The molecule has 0 aliphatic carbocycles. The molecule has 3 N–H and O–H groups in total. The van der Waals surface area contributed by atoms with Crippen molar-refractivity contribution >= 4 is 50.5 Å². The van der Waals surface area contributed by atoms with Crippen LogP contribution in [0, 0.1) is 6.92 Å². The molecule has 0 spiro atoms. The number of nitrogens with one attached hydrogen (secondary N) is 3. The highest BCUT2D eigenvalue weighted by molar-refractivity contribution is 7.86. The highest BCUT2D eigenvalue weighted by atomic mass is 32.2. The van der Waals surface area contributed by atoms with Crippen LogP contribution in [0.2, 0.25) is 0 Å². The average Bonchev–Trinajstić information content (AvgIpc) is 3.59. The van der Waals surface area contributed by atoms with Crippen LogP contribution in [0.15, 0.2) is 75.9 Å². The molecule has 1 aliphatic rings. The topological polar surface area (TPSA) is 95.5 Å². The van der Waals surface area contributed by atoms with E-state index in [0.29, 0.717) is 21.0 Å². The summed E-state index contributed by atoms with van der Waals surface area (Å²) in [4.78, 5) is 29.0. The van der Waals surface area contributed by atoms with Crippen LogP contribution in [0.4, 0.5) is 16.2 Å². The molecule has 0 saturated carbocycles. The van der Waals surface area contributed by atoms with Crippen molar-refractivity contribution in [3.05, 3.63) is 82.1 Å². The Morgan fingerprint density at radius 1 is 1.00 bits per heavy atom. The van der Waals surface area contributed by atoms with E-state index in [0.717, 1.165) is 35.5 Å². The number of benzene rings is 2. The second-order valence-corrected chi connectivity index (χ2v) is 12.1. The maximum absolute atomic E-state index is 13.2. The summed E-state index contributed by atoms with van der Waals surface area (Å²) < 4.78 is 16.9. The number of thiophene rings is 1. The molecule has 38 heavy (non-hydrogen) atoms. The number of aryl methyl sites for hydroxylation is 1. The molecular formula is C28H31N5O3S2. The van der Waals surface area contributed by atoms with Crippen molar-refractivity contribution in [2.75, 3.05) is 36.8 Å². The summed E-state index contributed by atoms with van der Waals surface area (Å²) in [5.41, 5.74) is 2.12. The van der Waals surface area contributed by atoms with Crippen molar-refractivity contribution < 1.29 is 9.00 Å². The number of fused-ring (bicyclic) bond motifs is 1. The van der Waals surface area contributed by atoms with Gasteiger partial charge >= 0.3 is 6.03 Å². The van der Waals surface area contributed by atoms with E-state index in [1.807, 2.05) is 37.3 Å². The van der Waals surface area contributed by atoms with E-state index >= 15 is 0 Å². The summed E-state index contributed by atoms with van der Waals surface area (Å²) in [7, 11) is -1.62. The smallest absolute Gasteiger partial charge is 0.331 e. The fraction of sp³-hybridized carbons (Fsp3) is 0.286. The first-order valence-electron chi connectivity index (χ1n) is 12.7. The molecule has 3 heterocycles. The van der Waals surface area contributed by atoms with Gasteiger partial charge in [0.15, 0.2) is 11.0 Å². The highest BCUT2D eigenvalue weighted by Gasteiger charge is 2.12. The van der Waals surface area contributed by atoms with Gasteiger partial charge in [-0.1, -0.05) is 0 Å². The molecule has 5 rings (SSSR count). The van der Waals surface area contributed by atoms with Gasteiger partial charge in [-0.3, -0.25) is 14.1 Å². The first-order valence-corrected chi connectivity index (χ1v) is 14.7. The van der Waals surface area contributed by atoms with Gasteiger partial charge in [-0.25, -0.2) is 9.00 Å². The summed E-state index contributed by atoms with van der Waals surface area (Å²) in [5, 5.41) is 7.69. The molecule has 1 saturated heterocycles. The molecule has 1 unspecified atom stereocenters. The Hall–Kier alpha value is -3.47. The monoisotopic (exact) mass is 549 g/mol. The van der Waals surface area contributed by atoms with Gasteiger partial charge in [0, 0.05) is 40.1 Å². The number of carbonyl (C=O) groups is 1. The molecule has 2 amide bonds. The number of urea groups is 1. The van der Waals surface area contributed by atoms with E-state index in [1.54, 1.807) is 41.1 Å². The highest BCUT2D eigenvalue weighted by Crippen LogP contribution is 2.20. The molecule has 1 atom stereocenters. The first-order chi connectivity index (χ1) is 18.5. The Morgan fingerprint density at radius 2 is 1.76 bits per heavy atom. The second kappa shape index (κ2) is 11.9. The largest absolute Gasteiger partial charge is 0.385 e. The number of rotatable bonds is 9. The van der Waals surface area contributed by atoms with E-state index < -0.39 is 17.0 Å². The molecule has 1 aliphatic heterocycles. The van der Waals surface area contributed by atoms with Gasteiger partial charge in [0.05, 0.1) is 0 Å². The first kappa shape index (κ1) is 26.1. The lowest BCUT2D eigenvalue weighted by molar-refractivity contribution is 0.257. The van der Waals surface area contributed by atoms with Crippen LogP contribution in [0.1, 0.15) is 24.1 Å². The summed E-state index contributed by atoms with van der Waals surface area (Å²) >= 11 is 1.37. The molecule has 2 aromatic heterocycles. The number of hydrogen-bond donors (Lipinski definition) is 3. The van der Waals surface area contributed by atoms with E-state index in [4.69, 9.17) is 0 Å². The Bertz CT molecular complexity index is 1510. The standard InChI is InChI=1S/C28H31N5O3S2/c1-20-5-12-26(37-20)38(36)31-28(35)30-22-6-9-24(10-7-22)33-18-13-21-19-23(8-11-25(21)27(33)34)29-14-4-17-32-15-2-3-16-32/h5-13,18-19,29H,2-4,14-17H2,1H3,(H2,30,31,35). The SMILES string of the molecule is Cc1ccc(S(=O)NC(=O)Nc2ccc(-n3ccc4cc(NCCCN5CCCC5)ccc4c3=O)cc2)s1. The fourth-order valence-corrected chi connectivity index (χ4v) is 6.53. The van der Waals surface area contributed by atoms with E-state index in [2.05, 4.69) is 20.3 Å². The fourth-order valence-electron chi connectivity index (χ4n) is 4.61. The summed E-state index contributed by atoms with van der Waals surface area (Å²) in [6.45, 7) is 6.38. The van der Waals surface area contributed by atoms with E-state index in [9.17, 15) is 13.8 Å². The van der Waals surface area contributed by atoms with Crippen LogP contribution in [0.25, 0.3) is 16.5 Å². The number of aromatic nitrogens is 1. The molecule has 2 aromatic carbocycles. The van der Waals surface area contributed by atoms with Crippen LogP contribution in [0.5, 0.6) is 0 Å². The van der Waals surface area contributed by atoms with Crippen molar-refractivity contribution in [2.45, 2.75) is 30.4 Å². The Balaban J connectivity index is 1.20. The van der Waals surface area contributed by atoms with Gasteiger partial charge < -0.3 is 15.5 Å². The van der Waals surface area contributed by atoms with Crippen LogP contribution < -0.4 is 20.9 Å². The van der Waals surface area contributed by atoms with Crippen LogP contribution in [0.3, 0.4) is 0 Å². The molecule has 0 radical (unpaired) electrons. The number of pyridine rings is 1. The number of anilines is 2. The lowest BCUT2D eigenvalue weighted by Gasteiger charge is -2.15. The van der Waals surface area contributed by atoms with Gasteiger partial charge in [-0.15, -0.1) is 11.3 Å². The van der Waals surface area contributed by atoms with Crippen molar-refractivity contribution in [3.8, 4) is 5.69 Å². The zero-order valence-electron chi connectivity index (χ0n) is 21.2. The Morgan fingerprint density at radius 3 is 2.50 bits per heavy atom. The lowest BCUT2D eigenvalue weighted by atomic mass is 10.1. The number of amides is 2. The molecule has 10 heteroatoms. The Labute approximate surface area is 228 Å². The number of nitrogens with zero attached hydrogens (tertiary/aromatic N) is 2. The van der Waals surface area contributed by atoms with Crippen molar-refractivity contribution in [1.82, 2.24) is 14.2 Å². The number of carbonyl (C=O) groups excluding carboxylic acids is 1. The molecule has 8 nitrogen and oxygen atoms in total. The zero-order chi connectivity index (χ0) is 26.5. The van der Waals surface area contributed by atoms with Crippen molar-refractivity contribution in [3.63, 3.8) is 0 Å². The van der Waals surface area contributed by atoms with Crippen LogP contribution in [-0.4, -0.2) is 45.9 Å². The summed E-state index contributed by atoms with van der Waals surface area (Å²) in [5.74, 6) is 0. The Kier molecular flexibility index (Phi) is 8.21. The van der Waals surface area contributed by atoms with Gasteiger partial charge in [-0.2, -0.15) is 0 Å². The van der Waals surface area contributed by atoms with Gasteiger partial charge in [0.2, 0.25) is 0 Å². The number of likely N-dealkylation sites (tertiary alicyclic amines) is 1. The second-order valence-electron chi connectivity index (χ2n) is 9.36. The molecule has 198 valence electrons. The quantitative estimate of drug-likeness (QED) is 0.253. The van der Waals surface area contributed by atoms with Gasteiger partial charge in [0.25, 0.3) is 5.56 Å². The van der Waals surface area contributed by atoms with Crippen LogP contribution in [-0.2, 0) is 11.0 Å². The maximum Gasteiger partial charge on any atom is 0.331 e. The van der Waals surface area contributed by atoms with Crippen molar-refractivity contribution in [1.29, 1.82) is 0 Å². The minimum Gasteiger partial charge on any atom is -0.385 e. The third kappa shape index (κ3) is 6.32. The van der Waals surface area contributed by atoms with Gasteiger partial charge in [-0.05, 0) is 112 Å². The summed E-state index contributed by atoms with van der Waals surface area (Å²) in [6, 6.07) is 17.7. The lowest BCUT2D eigenvalue weighted by Crippen LogP contribution is -2.30. The molecule has 0 bridgehead atoms. The predicted molar refractivity (Wildman–Crippen MR) is 156 cm³/mol.